The molecule has 0 saturated carbocycles. The van der Waals surface area contributed by atoms with Crippen LogP contribution in [0.1, 0.15) is 6.92 Å². The smallest absolute Gasteiger partial charge is 0.291 e. The minimum atomic E-state index is -5.07. The fourth-order valence-electron chi connectivity index (χ4n) is 2.63. The highest BCUT2D eigenvalue weighted by Gasteiger charge is 2.34. The fourth-order valence-corrected chi connectivity index (χ4v) is 4.64. The summed E-state index contributed by atoms with van der Waals surface area (Å²) in [5.41, 5.74) is -0.193. The number of ketones is 1. The summed E-state index contributed by atoms with van der Waals surface area (Å²) >= 11 is 0. The number of rotatable bonds is 3. The van der Waals surface area contributed by atoms with E-state index in [0.717, 1.165) is 11.1 Å². The lowest BCUT2D eigenvalue weighted by Gasteiger charge is -2.20. The molecule has 2 aromatic carbocycles. The maximum atomic E-state index is 11.9. The van der Waals surface area contributed by atoms with E-state index in [9.17, 15) is 30.7 Å². The Labute approximate surface area is 143 Å². The molecule has 0 amide bonds. The highest BCUT2D eigenvalue weighted by molar-refractivity contribution is 7.89. The Hall–Kier alpha value is -2.34. The van der Waals surface area contributed by atoms with Gasteiger partial charge in [0.25, 0.3) is 20.2 Å². The van der Waals surface area contributed by atoms with Gasteiger partial charge in [0.15, 0.2) is 5.78 Å². The molecule has 0 spiro atoms. The van der Waals surface area contributed by atoms with Crippen molar-refractivity contribution in [3.05, 3.63) is 30.3 Å². The van der Waals surface area contributed by atoms with Gasteiger partial charge in [-0.05, 0) is 18.4 Å². The molecule has 0 atom stereocenters. The lowest BCUT2D eigenvalue weighted by Crippen LogP contribution is -2.22. The average molecular weight is 384 g/mol. The molecule has 2 N–H and O–H groups in total. The number of nitrogens with zero attached hydrogens (tertiary/aromatic N) is 2. The molecule has 0 aromatic heterocycles. The van der Waals surface area contributed by atoms with E-state index in [1.807, 2.05) is 0 Å². The number of hydrogen-bond donors (Lipinski definition) is 2. The molecule has 0 radical (unpaired) electrons. The zero-order valence-electron chi connectivity index (χ0n) is 12.7. The van der Waals surface area contributed by atoms with Crippen molar-refractivity contribution in [2.75, 3.05) is 11.6 Å². The van der Waals surface area contributed by atoms with Gasteiger partial charge < -0.3 is 0 Å². The summed E-state index contributed by atoms with van der Waals surface area (Å²) in [6.45, 7) is 1.09. The van der Waals surface area contributed by atoms with E-state index in [1.165, 1.54) is 19.1 Å². The van der Waals surface area contributed by atoms with Crippen molar-refractivity contribution < 1.29 is 30.7 Å². The Bertz CT molecular complexity index is 1150. The summed E-state index contributed by atoms with van der Waals surface area (Å²) in [6, 6.07) is 7.07. The molecule has 3 rings (SSSR count). The van der Waals surface area contributed by atoms with Crippen LogP contribution in [0, 0.1) is 0 Å². The van der Waals surface area contributed by atoms with Gasteiger partial charge in [0, 0.05) is 5.39 Å². The maximum absolute atomic E-state index is 11.9. The van der Waals surface area contributed by atoms with E-state index < -0.39 is 30.0 Å². The van der Waals surface area contributed by atoms with E-state index in [1.54, 1.807) is 12.1 Å². The van der Waals surface area contributed by atoms with Gasteiger partial charge in [0.2, 0.25) is 0 Å². The van der Waals surface area contributed by atoms with Gasteiger partial charge in [-0.25, -0.2) is 0 Å². The number of hydrogen-bond acceptors (Lipinski definition) is 7. The lowest BCUT2D eigenvalue weighted by molar-refractivity contribution is -0.111. The Kier molecular flexibility index (Phi) is 3.91. The Balaban J connectivity index is 2.54. The second-order valence-electron chi connectivity index (χ2n) is 5.39. The molecule has 0 unspecified atom stereocenters. The van der Waals surface area contributed by atoms with Crippen molar-refractivity contribution in [3.63, 3.8) is 0 Å². The third-order valence-corrected chi connectivity index (χ3v) is 5.64. The lowest BCUT2D eigenvalue weighted by atomic mass is 10.1. The highest BCUT2D eigenvalue weighted by atomic mass is 32.2. The summed E-state index contributed by atoms with van der Waals surface area (Å²) in [4.78, 5) is 9.77. The average Bonchev–Trinajstić information content (AvgIpc) is 2.82. The van der Waals surface area contributed by atoms with Gasteiger partial charge in [0.05, 0.1) is 5.69 Å². The van der Waals surface area contributed by atoms with Gasteiger partial charge in [-0.15, -0.1) is 0 Å². The molecule has 1 aliphatic heterocycles. The second kappa shape index (κ2) is 5.59. The topological polar surface area (TPSA) is 141 Å². The number of hydrazone groups is 1. The molecule has 9 nitrogen and oxygen atoms in total. The molecule has 1 heterocycles. The number of carbonyl (C=O) groups is 1. The monoisotopic (exact) mass is 384 g/mol. The van der Waals surface area contributed by atoms with Crippen LogP contribution in [-0.2, 0) is 25.0 Å². The van der Waals surface area contributed by atoms with E-state index >= 15 is 0 Å². The van der Waals surface area contributed by atoms with Crippen molar-refractivity contribution in [3.8, 4) is 0 Å². The van der Waals surface area contributed by atoms with E-state index in [4.69, 9.17) is 0 Å². The van der Waals surface area contributed by atoms with Crippen LogP contribution in [0.25, 0.3) is 10.8 Å². The number of fused-ring (bicyclic) bond motifs is 1. The fraction of sp³-hybridized carbons (Fsp3) is 0.143. The summed E-state index contributed by atoms with van der Waals surface area (Å²) < 4.78 is 66.2. The standard InChI is InChI=1S/C14H12N2O7S2/c1-8-11(17)7-16(15-8)13-10-5-3-2-4-9(10)6-12(24(18,19)20)14(13)25(21,22)23/h2-6H,7H2,1H3,(H,18,19,20)(H,21,22,23). The largest absolute Gasteiger partial charge is 0.298 e. The highest BCUT2D eigenvalue weighted by Crippen LogP contribution is 2.39. The second-order valence-corrected chi connectivity index (χ2v) is 8.14. The third-order valence-electron chi connectivity index (χ3n) is 3.70. The van der Waals surface area contributed by atoms with Crippen LogP contribution in [0.3, 0.4) is 0 Å². The maximum Gasteiger partial charge on any atom is 0.298 e. The third kappa shape index (κ3) is 3.02. The summed E-state index contributed by atoms with van der Waals surface area (Å²) in [7, 11) is -10.1. The van der Waals surface area contributed by atoms with E-state index in [2.05, 4.69) is 5.10 Å². The number of carbonyl (C=O) groups excluding carboxylic acids is 1. The Morgan fingerprint density at radius 3 is 2.24 bits per heavy atom. The molecule has 2 aromatic rings. The number of Topliss-reactive ketones (excluding diaryl/α,β-unsaturated/α-hetero) is 1. The minimum absolute atomic E-state index is 0.0997. The predicted octanol–water partition coefficient (Wildman–Crippen LogP) is 1.10. The molecule has 132 valence electrons. The normalized spacial score (nSPS) is 15.7. The summed E-state index contributed by atoms with van der Waals surface area (Å²) in [6.07, 6.45) is 0. The van der Waals surface area contributed by atoms with Crippen molar-refractivity contribution in [2.45, 2.75) is 16.7 Å². The summed E-state index contributed by atoms with van der Waals surface area (Å²) in [5.74, 6) is -0.386. The molecule has 11 heteroatoms. The van der Waals surface area contributed by atoms with Crippen molar-refractivity contribution in [2.24, 2.45) is 5.10 Å². The van der Waals surface area contributed by atoms with Gasteiger partial charge in [-0.3, -0.25) is 18.9 Å². The first-order valence-corrected chi connectivity index (χ1v) is 9.75. The van der Waals surface area contributed by atoms with Gasteiger partial charge in [0.1, 0.15) is 22.0 Å². The molecule has 25 heavy (non-hydrogen) atoms. The minimum Gasteiger partial charge on any atom is -0.291 e. The van der Waals surface area contributed by atoms with Crippen LogP contribution in [-0.4, -0.2) is 44.0 Å². The van der Waals surface area contributed by atoms with Crippen LogP contribution in [0.15, 0.2) is 45.2 Å². The SMILES string of the molecule is CC1=NN(c2c(S(=O)(=O)O)c(S(=O)(=O)O)cc3ccccc23)CC1=O. The first kappa shape index (κ1) is 17.5. The molecule has 1 aliphatic rings. The molecular formula is C14H12N2O7S2. The number of anilines is 1. The molecule has 0 bridgehead atoms. The quantitative estimate of drug-likeness (QED) is 0.749. The zero-order chi connectivity index (χ0) is 18.6. The van der Waals surface area contributed by atoms with Crippen LogP contribution in [0.2, 0.25) is 0 Å². The van der Waals surface area contributed by atoms with Gasteiger partial charge >= 0.3 is 0 Å². The first-order chi connectivity index (χ1) is 11.5. The van der Waals surface area contributed by atoms with Crippen molar-refractivity contribution in [1.82, 2.24) is 0 Å². The zero-order valence-corrected chi connectivity index (χ0v) is 14.4. The first-order valence-electron chi connectivity index (χ1n) is 6.87. The Morgan fingerprint density at radius 1 is 1.08 bits per heavy atom. The van der Waals surface area contributed by atoms with E-state index in [-0.39, 0.29) is 34.5 Å². The predicted molar refractivity (Wildman–Crippen MR) is 89.0 cm³/mol. The number of benzene rings is 2. The van der Waals surface area contributed by atoms with Crippen molar-refractivity contribution in [1.29, 1.82) is 0 Å². The Morgan fingerprint density at radius 2 is 1.72 bits per heavy atom. The molecule has 0 aliphatic carbocycles. The van der Waals surface area contributed by atoms with Crippen molar-refractivity contribution >= 4 is 48.2 Å². The van der Waals surface area contributed by atoms with Crippen LogP contribution in [0.4, 0.5) is 5.69 Å². The molecule has 0 saturated heterocycles. The molecular weight excluding hydrogens is 372 g/mol. The van der Waals surface area contributed by atoms with E-state index in [0.29, 0.717) is 0 Å². The summed E-state index contributed by atoms with van der Waals surface area (Å²) in [5, 5.41) is 5.46. The van der Waals surface area contributed by atoms with Gasteiger partial charge in [-0.2, -0.15) is 21.9 Å². The van der Waals surface area contributed by atoms with Crippen LogP contribution in [0.5, 0.6) is 0 Å². The van der Waals surface area contributed by atoms with Gasteiger partial charge in [-0.1, -0.05) is 24.3 Å². The van der Waals surface area contributed by atoms with Crippen LogP contribution >= 0.6 is 0 Å². The van der Waals surface area contributed by atoms with Crippen LogP contribution < -0.4 is 5.01 Å². The molecule has 0 fully saturated rings.